The molecule has 0 spiro atoms. The van der Waals surface area contributed by atoms with Crippen LogP contribution in [0.1, 0.15) is 13.8 Å². The summed E-state index contributed by atoms with van der Waals surface area (Å²) in [6, 6.07) is 0. The fourth-order valence-corrected chi connectivity index (χ4v) is 1.31. The quantitative estimate of drug-likeness (QED) is 0.623. The van der Waals surface area contributed by atoms with Gasteiger partial charge in [0.2, 0.25) is 0 Å². The average molecular weight is 182 g/mol. The third-order valence-electron chi connectivity index (χ3n) is 1.88. The van der Waals surface area contributed by atoms with Crippen molar-refractivity contribution in [3.8, 4) is 0 Å². The summed E-state index contributed by atoms with van der Waals surface area (Å²) in [5, 5.41) is 3.77. The Hall–Kier alpha value is -0.830. The highest BCUT2D eigenvalue weighted by Crippen LogP contribution is 2.19. The van der Waals surface area contributed by atoms with E-state index in [0.29, 0.717) is 11.0 Å². The van der Waals surface area contributed by atoms with Crippen LogP contribution in [-0.2, 0) is 0 Å². The van der Waals surface area contributed by atoms with E-state index in [-0.39, 0.29) is 0 Å². The molecule has 0 saturated carbocycles. The molecule has 0 fully saturated rings. The van der Waals surface area contributed by atoms with E-state index in [4.69, 9.17) is 12.2 Å². The molecule has 0 saturated heterocycles. The number of rotatable bonds is 1. The predicted octanol–water partition coefficient (Wildman–Crippen LogP) is 1.86. The van der Waals surface area contributed by atoms with Crippen LogP contribution >= 0.6 is 12.2 Å². The summed E-state index contributed by atoms with van der Waals surface area (Å²) >= 11 is 5.05. The largest absolute Gasteiger partial charge is 0.333 e. The molecule has 1 rings (SSSR count). The van der Waals surface area contributed by atoms with E-state index in [2.05, 4.69) is 25.7 Å². The van der Waals surface area contributed by atoms with E-state index >= 15 is 0 Å². The number of hydrogen-bond donors (Lipinski definition) is 1. The number of allylic oxidation sites excluding steroid dienone is 1. The Morgan fingerprint density at radius 2 is 2.17 bits per heavy atom. The first-order valence-corrected chi connectivity index (χ1v) is 4.38. The summed E-state index contributed by atoms with van der Waals surface area (Å²) in [4.78, 5) is 1.90. The summed E-state index contributed by atoms with van der Waals surface area (Å²) < 4.78 is 0. The lowest BCUT2D eigenvalue weighted by molar-refractivity contribution is 0.616. The third kappa shape index (κ3) is 1.67. The van der Waals surface area contributed by atoms with Crippen molar-refractivity contribution in [2.24, 2.45) is 5.92 Å². The van der Waals surface area contributed by atoms with Gasteiger partial charge < -0.3 is 10.2 Å². The molecule has 0 aromatic carbocycles. The Morgan fingerprint density at radius 1 is 1.58 bits per heavy atom. The average Bonchev–Trinajstić information content (AvgIpc) is 1.96. The van der Waals surface area contributed by atoms with Gasteiger partial charge in [0.25, 0.3) is 0 Å². The molecule has 3 heteroatoms. The highest BCUT2D eigenvalue weighted by atomic mass is 32.1. The minimum atomic E-state index is 0.482. The molecular weight excluding hydrogens is 168 g/mol. The lowest BCUT2D eigenvalue weighted by Crippen LogP contribution is -2.38. The molecule has 0 unspecified atom stereocenters. The van der Waals surface area contributed by atoms with Gasteiger partial charge in [-0.2, -0.15) is 0 Å². The van der Waals surface area contributed by atoms with Gasteiger partial charge in [-0.05, 0) is 23.7 Å². The van der Waals surface area contributed by atoms with Gasteiger partial charge in [0.15, 0.2) is 5.11 Å². The van der Waals surface area contributed by atoms with Crippen molar-refractivity contribution in [3.05, 3.63) is 24.0 Å². The second-order valence-electron chi connectivity index (χ2n) is 3.26. The van der Waals surface area contributed by atoms with Gasteiger partial charge in [-0.1, -0.05) is 20.4 Å². The molecule has 0 amide bonds. The molecule has 1 heterocycles. The topological polar surface area (TPSA) is 15.3 Å². The van der Waals surface area contributed by atoms with Gasteiger partial charge in [-0.3, -0.25) is 0 Å². The van der Waals surface area contributed by atoms with Crippen LogP contribution in [0.5, 0.6) is 0 Å². The second-order valence-corrected chi connectivity index (χ2v) is 3.65. The summed E-state index contributed by atoms with van der Waals surface area (Å²) in [7, 11) is 1.93. The van der Waals surface area contributed by atoms with Crippen molar-refractivity contribution in [1.82, 2.24) is 10.2 Å². The van der Waals surface area contributed by atoms with E-state index in [1.807, 2.05) is 18.1 Å². The molecule has 0 aromatic rings. The van der Waals surface area contributed by atoms with Crippen molar-refractivity contribution >= 4 is 17.3 Å². The molecule has 66 valence electrons. The van der Waals surface area contributed by atoms with Crippen molar-refractivity contribution < 1.29 is 0 Å². The van der Waals surface area contributed by atoms with Gasteiger partial charge in [-0.15, -0.1) is 0 Å². The Labute approximate surface area is 78.9 Å². The van der Waals surface area contributed by atoms with E-state index in [1.165, 1.54) is 5.57 Å². The molecule has 1 N–H and O–H groups in total. The van der Waals surface area contributed by atoms with Gasteiger partial charge in [0.05, 0.1) is 0 Å². The molecular formula is C9H14N2S. The minimum Gasteiger partial charge on any atom is -0.333 e. The van der Waals surface area contributed by atoms with Crippen LogP contribution in [0.4, 0.5) is 0 Å². The molecule has 2 nitrogen and oxygen atoms in total. The maximum absolute atomic E-state index is 5.05. The molecule has 1 aliphatic rings. The molecule has 12 heavy (non-hydrogen) atoms. The maximum Gasteiger partial charge on any atom is 0.177 e. The van der Waals surface area contributed by atoms with Crippen LogP contribution in [0.25, 0.3) is 0 Å². The Kier molecular flexibility index (Phi) is 2.52. The first-order chi connectivity index (χ1) is 5.52. The molecule has 0 aliphatic carbocycles. The van der Waals surface area contributed by atoms with Gasteiger partial charge in [-0.25, -0.2) is 0 Å². The normalized spacial score (nSPS) is 18.0. The Morgan fingerprint density at radius 3 is 2.67 bits per heavy atom. The van der Waals surface area contributed by atoms with Gasteiger partial charge in [0, 0.05) is 18.9 Å². The zero-order valence-electron chi connectivity index (χ0n) is 7.72. The van der Waals surface area contributed by atoms with Crippen LogP contribution in [0.3, 0.4) is 0 Å². The first-order valence-electron chi connectivity index (χ1n) is 3.97. The molecule has 0 atom stereocenters. The monoisotopic (exact) mass is 182 g/mol. The molecule has 0 aromatic heterocycles. The Balaban J connectivity index is 2.93. The van der Waals surface area contributed by atoms with Crippen LogP contribution in [-0.4, -0.2) is 17.1 Å². The van der Waals surface area contributed by atoms with Crippen molar-refractivity contribution in [2.45, 2.75) is 13.8 Å². The fraction of sp³-hybridized carbons (Fsp3) is 0.444. The van der Waals surface area contributed by atoms with E-state index in [9.17, 15) is 0 Å². The predicted molar refractivity (Wildman–Crippen MR) is 55.6 cm³/mol. The zero-order valence-corrected chi connectivity index (χ0v) is 8.53. The van der Waals surface area contributed by atoms with Crippen LogP contribution < -0.4 is 5.32 Å². The third-order valence-corrected chi connectivity index (χ3v) is 2.27. The van der Waals surface area contributed by atoms with E-state index in [1.54, 1.807) is 0 Å². The van der Waals surface area contributed by atoms with Crippen LogP contribution in [0.2, 0.25) is 0 Å². The SMILES string of the molecule is C=C1NC(=S)N(C)C=C1C(C)C. The number of nitrogens with zero attached hydrogens (tertiary/aromatic N) is 1. The van der Waals surface area contributed by atoms with Crippen molar-refractivity contribution in [2.75, 3.05) is 7.05 Å². The van der Waals surface area contributed by atoms with Gasteiger partial charge >= 0.3 is 0 Å². The fourth-order valence-electron chi connectivity index (χ4n) is 1.13. The summed E-state index contributed by atoms with van der Waals surface area (Å²) in [5.41, 5.74) is 2.14. The lowest BCUT2D eigenvalue weighted by Gasteiger charge is -2.28. The Bertz CT molecular complexity index is 253. The molecule has 1 aliphatic heterocycles. The minimum absolute atomic E-state index is 0.482. The lowest BCUT2D eigenvalue weighted by atomic mass is 10.0. The van der Waals surface area contributed by atoms with Crippen molar-refractivity contribution in [3.63, 3.8) is 0 Å². The summed E-state index contributed by atoms with van der Waals surface area (Å²) in [5.74, 6) is 0.482. The molecule has 0 bridgehead atoms. The second kappa shape index (κ2) is 3.27. The maximum atomic E-state index is 5.05. The highest BCUT2D eigenvalue weighted by Gasteiger charge is 2.16. The van der Waals surface area contributed by atoms with Crippen molar-refractivity contribution in [1.29, 1.82) is 0 Å². The molecule has 0 radical (unpaired) electrons. The number of hydrogen-bond acceptors (Lipinski definition) is 1. The smallest absolute Gasteiger partial charge is 0.177 e. The van der Waals surface area contributed by atoms with E-state index in [0.717, 1.165) is 5.70 Å². The van der Waals surface area contributed by atoms with Crippen LogP contribution in [0, 0.1) is 5.92 Å². The number of thiocarbonyl (C=S) groups is 1. The standard InChI is InChI=1S/C9H14N2S/c1-6(2)8-5-11(4)9(12)10-7(8)3/h5-6H,3H2,1-2,4H3,(H,10,12). The highest BCUT2D eigenvalue weighted by molar-refractivity contribution is 7.80. The summed E-state index contributed by atoms with van der Waals surface area (Å²) in [6.07, 6.45) is 2.03. The van der Waals surface area contributed by atoms with Gasteiger partial charge in [0.1, 0.15) is 0 Å². The summed E-state index contributed by atoms with van der Waals surface area (Å²) in [6.45, 7) is 8.19. The van der Waals surface area contributed by atoms with Crippen LogP contribution in [0.15, 0.2) is 24.0 Å². The van der Waals surface area contributed by atoms with E-state index < -0.39 is 0 Å². The number of nitrogens with one attached hydrogen (secondary N) is 1. The zero-order chi connectivity index (χ0) is 9.30. The first kappa shape index (κ1) is 9.26.